The van der Waals surface area contributed by atoms with Crippen molar-refractivity contribution < 1.29 is 4.74 Å². The van der Waals surface area contributed by atoms with E-state index < -0.39 is 0 Å². The van der Waals surface area contributed by atoms with E-state index >= 15 is 0 Å². The molecule has 2 nitrogen and oxygen atoms in total. The lowest BCUT2D eigenvalue weighted by atomic mass is 10.2. The SMILES string of the molecule is Cc1nc(COc2ccc(CCl)cc2Br)cs1. The summed E-state index contributed by atoms with van der Waals surface area (Å²) in [5.74, 6) is 1.31. The molecule has 5 heteroatoms. The molecule has 0 aliphatic rings. The summed E-state index contributed by atoms with van der Waals surface area (Å²) in [6.07, 6.45) is 0. The van der Waals surface area contributed by atoms with Crippen LogP contribution in [-0.2, 0) is 12.5 Å². The van der Waals surface area contributed by atoms with Crippen molar-refractivity contribution in [1.29, 1.82) is 0 Å². The molecule has 0 aliphatic heterocycles. The summed E-state index contributed by atoms with van der Waals surface area (Å²) in [4.78, 5) is 4.35. The van der Waals surface area contributed by atoms with E-state index in [4.69, 9.17) is 16.3 Å². The van der Waals surface area contributed by atoms with Gasteiger partial charge in [-0.3, -0.25) is 0 Å². The second-order valence-electron chi connectivity index (χ2n) is 3.54. The molecule has 0 N–H and O–H groups in total. The number of benzene rings is 1. The van der Waals surface area contributed by atoms with Gasteiger partial charge in [-0.25, -0.2) is 4.98 Å². The number of thiazole rings is 1. The second-order valence-corrected chi connectivity index (χ2v) is 5.73. The number of hydrogen-bond acceptors (Lipinski definition) is 3. The number of aromatic nitrogens is 1. The Hall–Kier alpha value is -0.580. The summed E-state index contributed by atoms with van der Waals surface area (Å²) >= 11 is 10.9. The molecule has 0 bridgehead atoms. The third kappa shape index (κ3) is 3.44. The van der Waals surface area contributed by atoms with Crippen molar-refractivity contribution in [2.24, 2.45) is 0 Å². The molecule has 0 radical (unpaired) electrons. The minimum Gasteiger partial charge on any atom is -0.486 e. The summed E-state index contributed by atoms with van der Waals surface area (Å²) in [6, 6.07) is 5.84. The number of rotatable bonds is 4. The Labute approximate surface area is 118 Å². The molecule has 0 saturated carbocycles. The minimum absolute atomic E-state index is 0.489. The van der Waals surface area contributed by atoms with E-state index in [-0.39, 0.29) is 0 Å². The molecule has 2 rings (SSSR count). The standard InChI is InChI=1S/C12H11BrClNOS/c1-8-15-10(7-17-8)6-16-12-3-2-9(5-14)4-11(12)13/h2-4,7H,5-6H2,1H3. The molecule has 1 aromatic heterocycles. The highest BCUT2D eigenvalue weighted by Gasteiger charge is 2.04. The predicted molar refractivity (Wildman–Crippen MR) is 74.9 cm³/mol. The molecule has 0 fully saturated rings. The van der Waals surface area contributed by atoms with Gasteiger partial charge >= 0.3 is 0 Å². The van der Waals surface area contributed by atoms with E-state index in [0.717, 1.165) is 26.5 Å². The van der Waals surface area contributed by atoms with Gasteiger partial charge in [0.05, 0.1) is 15.2 Å². The van der Waals surface area contributed by atoms with Crippen LogP contribution < -0.4 is 4.74 Å². The number of aryl methyl sites for hydroxylation is 1. The molecular weight excluding hydrogens is 322 g/mol. The summed E-state index contributed by atoms with van der Waals surface area (Å²) < 4.78 is 6.61. The molecule has 0 spiro atoms. The highest BCUT2D eigenvalue weighted by molar-refractivity contribution is 9.10. The van der Waals surface area contributed by atoms with Crippen LogP contribution in [0.1, 0.15) is 16.3 Å². The molecule has 2 aromatic rings. The van der Waals surface area contributed by atoms with Crippen molar-refractivity contribution in [1.82, 2.24) is 4.98 Å². The maximum absolute atomic E-state index is 5.76. The van der Waals surface area contributed by atoms with Gasteiger partial charge in [0.1, 0.15) is 12.4 Å². The van der Waals surface area contributed by atoms with Crippen LogP contribution in [0.3, 0.4) is 0 Å². The molecule has 90 valence electrons. The van der Waals surface area contributed by atoms with E-state index in [2.05, 4.69) is 20.9 Å². The molecule has 0 unspecified atom stereocenters. The predicted octanol–water partition coefficient (Wildman–Crippen LogP) is 4.53. The molecule has 1 heterocycles. The summed E-state index contributed by atoms with van der Waals surface area (Å²) in [6.45, 7) is 2.47. The van der Waals surface area contributed by atoms with Crippen LogP contribution >= 0.6 is 38.9 Å². The Bertz CT molecular complexity index is 515. The molecule has 17 heavy (non-hydrogen) atoms. The highest BCUT2D eigenvalue weighted by atomic mass is 79.9. The fourth-order valence-electron chi connectivity index (χ4n) is 1.37. The first kappa shape index (κ1) is 12.9. The van der Waals surface area contributed by atoms with E-state index in [9.17, 15) is 0 Å². The lowest BCUT2D eigenvalue weighted by molar-refractivity contribution is 0.300. The van der Waals surface area contributed by atoms with E-state index in [1.54, 1.807) is 11.3 Å². The molecule has 0 amide bonds. The van der Waals surface area contributed by atoms with Crippen LogP contribution in [0.4, 0.5) is 0 Å². The van der Waals surface area contributed by atoms with Gasteiger partial charge < -0.3 is 4.74 Å². The molecule has 0 atom stereocenters. The van der Waals surface area contributed by atoms with Gasteiger partial charge in [-0.05, 0) is 40.5 Å². The van der Waals surface area contributed by atoms with Crippen molar-refractivity contribution in [2.75, 3.05) is 0 Å². The van der Waals surface area contributed by atoms with Crippen LogP contribution in [0.15, 0.2) is 28.1 Å². The molecule has 0 saturated heterocycles. The van der Waals surface area contributed by atoms with Gasteiger partial charge in [-0.1, -0.05) is 6.07 Å². The van der Waals surface area contributed by atoms with Crippen LogP contribution in [0.25, 0.3) is 0 Å². The Kier molecular flexibility index (Phi) is 4.42. The maximum Gasteiger partial charge on any atom is 0.134 e. The van der Waals surface area contributed by atoms with Crippen LogP contribution in [-0.4, -0.2) is 4.98 Å². The lowest BCUT2D eigenvalue weighted by Crippen LogP contribution is -1.96. The van der Waals surface area contributed by atoms with E-state index in [1.807, 2.05) is 30.5 Å². The van der Waals surface area contributed by atoms with E-state index in [1.165, 1.54) is 0 Å². The summed E-state index contributed by atoms with van der Waals surface area (Å²) in [5.41, 5.74) is 2.02. The minimum atomic E-state index is 0.489. The van der Waals surface area contributed by atoms with Gasteiger partial charge in [0.25, 0.3) is 0 Å². The van der Waals surface area contributed by atoms with Gasteiger partial charge in [0.2, 0.25) is 0 Å². The number of ether oxygens (including phenoxy) is 1. The zero-order chi connectivity index (χ0) is 12.3. The zero-order valence-corrected chi connectivity index (χ0v) is 12.4. The third-order valence-corrected chi connectivity index (χ3v) is 3.94. The number of hydrogen-bond donors (Lipinski definition) is 0. The Morgan fingerprint density at radius 1 is 1.47 bits per heavy atom. The molecule has 0 aliphatic carbocycles. The quantitative estimate of drug-likeness (QED) is 0.767. The van der Waals surface area contributed by atoms with Gasteiger partial charge in [-0.15, -0.1) is 22.9 Å². The molecular formula is C12H11BrClNOS. The van der Waals surface area contributed by atoms with Crippen molar-refractivity contribution >= 4 is 38.9 Å². The van der Waals surface area contributed by atoms with Crippen molar-refractivity contribution in [3.63, 3.8) is 0 Å². The summed E-state index contributed by atoms with van der Waals surface area (Å²) in [5, 5.41) is 3.07. The smallest absolute Gasteiger partial charge is 0.134 e. The lowest BCUT2D eigenvalue weighted by Gasteiger charge is -2.07. The van der Waals surface area contributed by atoms with Crippen molar-refractivity contribution in [2.45, 2.75) is 19.4 Å². The average Bonchev–Trinajstić information content (AvgIpc) is 2.73. The van der Waals surface area contributed by atoms with Crippen LogP contribution in [0.2, 0.25) is 0 Å². The number of halogens is 2. The normalized spacial score (nSPS) is 10.5. The monoisotopic (exact) mass is 331 g/mol. The first-order valence-corrected chi connectivity index (χ1v) is 7.28. The van der Waals surface area contributed by atoms with Gasteiger partial charge in [0.15, 0.2) is 0 Å². The fraction of sp³-hybridized carbons (Fsp3) is 0.250. The Balaban J connectivity index is 2.04. The van der Waals surface area contributed by atoms with Gasteiger partial charge in [0, 0.05) is 11.3 Å². The zero-order valence-electron chi connectivity index (χ0n) is 9.24. The maximum atomic E-state index is 5.76. The molecule has 1 aromatic carbocycles. The summed E-state index contributed by atoms with van der Waals surface area (Å²) in [7, 11) is 0. The van der Waals surface area contributed by atoms with Gasteiger partial charge in [-0.2, -0.15) is 0 Å². The number of nitrogens with zero attached hydrogens (tertiary/aromatic N) is 1. The Morgan fingerprint density at radius 3 is 2.88 bits per heavy atom. The van der Waals surface area contributed by atoms with Crippen molar-refractivity contribution in [3.05, 3.63) is 44.3 Å². The topological polar surface area (TPSA) is 22.1 Å². The fourth-order valence-corrected chi connectivity index (χ4v) is 2.67. The first-order chi connectivity index (χ1) is 8.19. The van der Waals surface area contributed by atoms with Crippen LogP contribution in [0.5, 0.6) is 5.75 Å². The Morgan fingerprint density at radius 2 is 2.29 bits per heavy atom. The largest absolute Gasteiger partial charge is 0.486 e. The average molecular weight is 333 g/mol. The van der Waals surface area contributed by atoms with Crippen LogP contribution in [0, 0.1) is 6.92 Å². The second kappa shape index (κ2) is 5.85. The van der Waals surface area contributed by atoms with Crippen molar-refractivity contribution in [3.8, 4) is 5.75 Å². The van der Waals surface area contributed by atoms with E-state index in [0.29, 0.717) is 12.5 Å². The first-order valence-electron chi connectivity index (χ1n) is 5.07. The third-order valence-electron chi connectivity index (χ3n) is 2.19. The highest BCUT2D eigenvalue weighted by Crippen LogP contribution is 2.27. The number of alkyl halides is 1.